The smallest absolute Gasteiger partial charge is 0.244 e. The van der Waals surface area contributed by atoms with Gasteiger partial charge in [-0.15, -0.1) is 0 Å². The first-order chi connectivity index (χ1) is 8.09. The topological polar surface area (TPSA) is 69.6 Å². The maximum Gasteiger partial charge on any atom is 0.244 e. The van der Waals surface area contributed by atoms with Crippen LogP contribution in [-0.2, 0) is 4.79 Å². The van der Waals surface area contributed by atoms with Gasteiger partial charge in [-0.05, 0) is 18.6 Å². The van der Waals surface area contributed by atoms with Crippen molar-refractivity contribution in [3.63, 3.8) is 0 Å². The molecule has 3 N–H and O–H groups in total. The van der Waals surface area contributed by atoms with Crippen molar-refractivity contribution in [1.29, 1.82) is 0 Å². The van der Waals surface area contributed by atoms with E-state index in [1.54, 1.807) is 13.0 Å². The molecule has 0 aliphatic rings. The Hall–Kier alpha value is -1.65. The summed E-state index contributed by atoms with van der Waals surface area (Å²) in [5.41, 5.74) is -0.0738. The molecule has 0 atom stereocenters. The molecule has 0 bridgehead atoms. The fourth-order valence-corrected chi connectivity index (χ4v) is 1.20. The number of hydrogen-bond donors (Lipinski definition) is 3. The average molecular weight is 235 g/mol. The van der Waals surface area contributed by atoms with Crippen LogP contribution >= 0.6 is 0 Å². The number of aliphatic hydroxyl groups excluding tert-OH is 2. The van der Waals surface area contributed by atoms with Crippen LogP contribution in [0.4, 0.5) is 0 Å². The van der Waals surface area contributed by atoms with Crippen LogP contribution in [0.1, 0.15) is 12.5 Å². The lowest BCUT2D eigenvalue weighted by atomic mass is 10.1. The van der Waals surface area contributed by atoms with Crippen molar-refractivity contribution in [2.45, 2.75) is 12.5 Å². The fourth-order valence-electron chi connectivity index (χ4n) is 1.20. The summed E-state index contributed by atoms with van der Waals surface area (Å²) >= 11 is 0. The van der Waals surface area contributed by atoms with Gasteiger partial charge in [-0.2, -0.15) is 0 Å². The molecule has 1 aromatic rings. The summed E-state index contributed by atoms with van der Waals surface area (Å²) in [6.45, 7) is 0.949. The Morgan fingerprint density at radius 2 is 1.88 bits per heavy atom. The van der Waals surface area contributed by atoms with Gasteiger partial charge < -0.3 is 15.5 Å². The van der Waals surface area contributed by atoms with Crippen LogP contribution in [0.2, 0.25) is 0 Å². The van der Waals surface area contributed by atoms with E-state index < -0.39 is 5.54 Å². The number of carbonyl (C=O) groups is 1. The zero-order valence-corrected chi connectivity index (χ0v) is 9.76. The van der Waals surface area contributed by atoms with E-state index in [1.165, 1.54) is 6.08 Å². The second kappa shape index (κ2) is 6.18. The summed E-state index contributed by atoms with van der Waals surface area (Å²) in [5, 5.41) is 20.6. The minimum Gasteiger partial charge on any atom is -0.394 e. The summed E-state index contributed by atoms with van der Waals surface area (Å²) in [6, 6.07) is 9.40. The fraction of sp³-hybridized carbons (Fsp3) is 0.308. The van der Waals surface area contributed by atoms with E-state index in [-0.39, 0.29) is 19.1 Å². The van der Waals surface area contributed by atoms with Crippen molar-refractivity contribution in [1.82, 2.24) is 5.32 Å². The largest absolute Gasteiger partial charge is 0.394 e. The van der Waals surface area contributed by atoms with Crippen molar-refractivity contribution in [3.8, 4) is 0 Å². The molecule has 0 radical (unpaired) electrons. The molecule has 1 amide bonds. The molecule has 17 heavy (non-hydrogen) atoms. The highest BCUT2D eigenvalue weighted by Crippen LogP contribution is 2.03. The third-order valence-corrected chi connectivity index (χ3v) is 2.35. The molecule has 4 nitrogen and oxygen atoms in total. The molecule has 0 unspecified atom stereocenters. The Morgan fingerprint density at radius 1 is 1.29 bits per heavy atom. The Bertz CT molecular complexity index is 383. The zero-order chi connectivity index (χ0) is 12.7. The number of amides is 1. The van der Waals surface area contributed by atoms with Gasteiger partial charge in [0.15, 0.2) is 0 Å². The van der Waals surface area contributed by atoms with Crippen LogP contribution in [-0.4, -0.2) is 34.9 Å². The van der Waals surface area contributed by atoms with Crippen LogP contribution < -0.4 is 5.32 Å². The maximum absolute atomic E-state index is 11.5. The number of aliphatic hydroxyl groups is 2. The normalized spacial score (nSPS) is 11.7. The second-order valence-electron chi connectivity index (χ2n) is 4.11. The third kappa shape index (κ3) is 4.38. The van der Waals surface area contributed by atoms with Gasteiger partial charge in [-0.3, -0.25) is 4.79 Å². The molecule has 0 saturated heterocycles. The van der Waals surface area contributed by atoms with E-state index in [0.29, 0.717) is 0 Å². The molecule has 92 valence electrons. The lowest BCUT2D eigenvalue weighted by Gasteiger charge is -2.25. The van der Waals surface area contributed by atoms with Gasteiger partial charge in [0.05, 0.1) is 18.8 Å². The zero-order valence-electron chi connectivity index (χ0n) is 9.76. The molecule has 1 rings (SSSR count). The molecule has 0 saturated carbocycles. The van der Waals surface area contributed by atoms with Gasteiger partial charge in [-0.1, -0.05) is 30.3 Å². The minimum atomic E-state index is -0.988. The summed E-state index contributed by atoms with van der Waals surface area (Å²) in [7, 11) is 0. The average Bonchev–Trinajstić information content (AvgIpc) is 2.37. The molecule has 4 heteroatoms. The second-order valence-corrected chi connectivity index (χ2v) is 4.11. The Morgan fingerprint density at radius 3 is 2.41 bits per heavy atom. The molecule has 0 aliphatic heterocycles. The summed E-state index contributed by atoms with van der Waals surface area (Å²) in [5.74, 6) is -0.348. The number of rotatable bonds is 5. The number of hydrogen-bond acceptors (Lipinski definition) is 3. The highest BCUT2D eigenvalue weighted by atomic mass is 16.3. The summed E-state index contributed by atoms with van der Waals surface area (Å²) in [4.78, 5) is 11.5. The monoisotopic (exact) mass is 235 g/mol. The van der Waals surface area contributed by atoms with Crippen molar-refractivity contribution in [2.24, 2.45) is 0 Å². The van der Waals surface area contributed by atoms with E-state index in [2.05, 4.69) is 5.32 Å². The highest BCUT2D eigenvalue weighted by molar-refractivity contribution is 5.92. The Kier molecular flexibility index (Phi) is 4.87. The van der Waals surface area contributed by atoms with Crippen molar-refractivity contribution in [3.05, 3.63) is 42.0 Å². The van der Waals surface area contributed by atoms with E-state index >= 15 is 0 Å². The minimum absolute atomic E-state index is 0.311. The number of carbonyl (C=O) groups excluding carboxylic acids is 1. The molecule has 0 spiro atoms. The summed E-state index contributed by atoms with van der Waals surface area (Å²) in [6.07, 6.45) is 3.05. The molecule has 0 aromatic heterocycles. The first-order valence-electron chi connectivity index (χ1n) is 5.37. The van der Waals surface area contributed by atoms with E-state index in [0.717, 1.165) is 5.56 Å². The van der Waals surface area contributed by atoms with Crippen molar-refractivity contribution >= 4 is 12.0 Å². The molecular formula is C13H17NO3. The SMILES string of the molecule is CC(CO)(CO)NC(=O)/C=C/c1ccccc1. The number of benzene rings is 1. The van der Waals surface area contributed by atoms with Gasteiger partial charge in [0.2, 0.25) is 5.91 Å². The number of nitrogens with one attached hydrogen (secondary N) is 1. The molecule has 0 fully saturated rings. The predicted molar refractivity (Wildman–Crippen MR) is 66.2 cm³/mol. The van der Waals surface area contributed by atoms with Crippen LogP contribution in [0.5, 0.6) is 0 Å². The highest BCUT2D eigenvalue weighted by Gasteiger charge is 2.23. The van der Waals surface area contributed by atoms with E-state index in [1.807, 2.05) is 30.3 Å². The predicted octanol–water partition coefficient (Wildman–Crippen LogP) is 0.559. The Balaban J connectivity index is 2.59. The first kappa shape index (κ1) is 13.4. The third-order valence-electron chi connectivity index (χ3n) is 2.35. The Labute approximate surface area is 101 Å². The van der Waals surface area contributed by atoms with E-state index in [9.17, 15) is 4.79 Å². The van der Waals surface area contributed by atoms with Crippen LogP contribution in [0.15, 0.2) is 36.4 Å². The summed E-state index contributed by atoms with van der Waals surface area (Å²) < 4.78 is 0. The lowest BCUT2D eigenvalue weighted by Crippen LogP contribution is -2.51. The standard InChI is InChI=1S/C13H17NO3/c1-13(9-15,10-16)14-12(17)8-7-11-5-3-2-4-6-11/h2-8,15-16H,9-10H2,1H3,(H,14,17)/b8-7+. The van der Waals surface area contributed by atoms with Crippen LogP contribution in [0, 0.1) is 0 Å². The van der Waals surface area contributed by atoms with E-state index in [4.69, 9.17) is 10.2 Å². The molecule has 1 aromatic carbocycles. The molecular weight excluding hydrogens is 218 g/mol. The maximum atomic E-state index is 11.5. The van der Waals surface area contributed by atoms with Gasteiger partial charge in [-0.25, -0.2) is 0 Å². The van der Waals surface area contributed by atoms with Gasteiger partial charge >= 0.3 is 0 Å². The quantitative estimate of drug-likeness (QED) is 0.653. The van der Waals surface area contributed by atoms with Crippen molar-refractivity contribution in [2.75, 3.05) is 13.2 Å². The molecule has 0 aliphatic carbocycles. The van der Waals surface area contributed by atoms with Gasteiger partial charge in [0.25, 0.3) is 0 Å². The lowest BCUT2D eigenvalue weighted by molar-refractivity contribution is -0.119. The van der Waals surface area contributed by atoms with Crippen LogP contribution in [0.3, 0.4) is 0 Å². The van der Waals surface area contributed by atoms with Gasteiger partial charge in [0, 0.05) is 6.08 Å². The van der Waals surface area contributed by atoms with Gasteiger partial charge in [0.1, 0.15) is 0 Å². The van der Waals surface area contributed by atoms with Crippen LogP contribution in [0.25, 0.3) is 6.08 Å². The van der Waals surface area contributed by atoms with Crippen molar-refractivity contribution < 1.29 is 15.0 Å². The first-order valence-corrected chi connectivity index (χ1v) is 5.37. The molecule has 0 heterocycles.